The van der Waals surface area contributed by atoms with Crippen LogP contribution in [0.4, 0.5) is 0 Å². The number of aliphatic hydroxyl groups is 1. The predicted molar refractivity (Wildman–Crippen MR) is 139 cm³/mol. The third kappa shape index (κ3) is 4.37. The summed E-state index contributed by atoms with van der Waals surface area (Å²) in [7, 11) is -1.26. The van der Waals surface area contributed by atoms with E-state index in [4.69, 9.17) is 4.18 Å². The summed E-state index contributed by atoms with van der Waals surface area (Å²) in [6.45, 7) is 8.92. The molecule has 0 aliphatic heterocycles. The lowest BCUT2D eigenvalue weighted by Gasteiger charge is -2.52. The van der Waals surface area contributed by atoms with Gasteiger partial charge in [0.1, 0.15) is 11.4 Å². The molecule has 1 N–H and O–H groups in total. The molecule has 0 saturated heterocycles. The van der Waals surface area contributed by atoms with Crippen LogP contribution in [0.25, 0.3) is 0 Å². The maximum atomic E-state index is 13.4. The van der Waals surface area contributed by atoms with Crippen molar-refractivity contribution >= 4 is 16.1 Å². The molecule has 0 heterocycles. The molecule has 2 aliphatic rings. The van der Waals surface area contributed by atoms with E-state index in [9.17, 15) is 9.90 Å². The van der Waals surface area contributed by atoms with Crippen molar-refractivity contribution in [2.24, 2.45) is 5.92 Å². The van der Waals surface area contributed by atoms with E-state index in [1.165, 1.54) is 11.1 Å². The van der Waals surface area contributed by atoms with Gasteiger partial charge in [0, 0.05) is 23.0 Å². The first-order valence-corrected chi connectivity index (χ1v) is 14.6. The Labute approximate surface area is 201 Å². The SMILES string of the molecule is CCC12CC(=O)C(O)(Cc3ccccc3)CC1CCc1cc(OS(C)(C)C(C)(C)C)ccc12. The van der Waals surface area contributed by atoms with Crippen molar-refractivity contribution in [2.75, 3.05) is 12.5 Å². The van der Waals surface area contributed by atoms with Crippen molar-refractivity contribution < 1.29 is 14.1 Å². The summed E-state index contributed by atoms with van der Waals surface area (Å²) in [4.78, 5) is 13.4. The summed E-state index contributed by atoms with van der Waals surface area (Å²) in [5.41, 5.74) is 2.20. The molecule has 33 heavy (non-hydrogen) atoms. The van der Waals surface area contributed by atoms with Crippen LogP contribution in [0.15, 0.2) is 48.5 Å². The second-order valence-corrected chi connectivity index (χ2v) is 15.3. The summed E-state index contributed by atoms with van der Waals surface area (Å²) >= 11 is 0. The van der Waals surface area contributed by atoms with Gasteiger partial charge in [0.25, 0.3) is 0 Å². The molecule has 0 bridgehead atoms. The van der Waals surface area contributed by atoms with Crippen LogP contribution in [0.3, 0.4) is 0 Å². The van der Waals surface area contributed by atoms with E-state index in [0.717, 1.165) is 30.6 Å². The van der Waals surface area contributed by atoms with Gasteiger partial charge in [-0.2, -0.15) is 0 Å². The average molecular weight is 469 g/mol. The third-order valence-electron chi connectivity index (χ3n) is 8.49. The number of rotatable bonds is 5. The quantitative estimate of drug-likeness (QED) is 0.553. The van der Waals surface area contributed by atoms with E-state index < -0.39 is 15.9 Å². The molecule has 1 fully saturated rings. The first-order valence-electron chi connectivity index (χ1n) is 12.3. The summed E-state index contributed by atoms with van der Waals surface area (Å²) in [5, 5.41) is 11.5. The lowest BCUT2D eigenvalue weighted by Crippen LogP contribution is -2.56. The van der Waals surface area contributed by atoms with Crippen molar-refractivity contribution in [1.82, 2.24) is 0 Å². The minimum absolute atomic E-state index is 0.00376. The van der Waals surface area contributed by atoms with E-state index in [2.05, 4.69) is 58.4 Å². The Kier molecular flexibility index (Phi) is 6.24. The smallest absolute Gasteiger partial charge is 0.165 e. The number of hydrogen-bond acceptors (Lipinski definition) is 3. The van der Waals surface area contributed by atoms with Crippen molar-refractivity contribution in [3.05, 3.63) is 65.2 Å². The second kappa shape index (κ2) is 8.46. The topological polar surface area (TPSA) is 46.5 Å². The highest BCUT2D eigenvalue weighted by atomic mass is 32.3. The Morgan fingerprint density at radius 2 is 1.82 bits per heavy atom. The van der Waals surface area contributed by atoms with Crippen LogP contribution in [0.1, 0.15) is 70.1 Å². The summed E-state index contributed by atoms with van der Waals surface area (Å²) in [6, 6.07) is 16.5. The molecule has 4 rings (SSSR count). The number of carbonyl (C=O) groups excluding carboxylic acids is 1. The van der Waals surface area contributed by atoms with Gasteiger partial charge < -0.3 is 9.29 Å². The van der Waals surface area contributed by atoms with Crippen molar-refractivity contribution in [3.8, 4) is 5.75 Å². The molecule has 180 valence electrons. The summed E-state index contributed by atoms with van der Waals surface area (Å²) < 4.78 is 6.63. The number of aryl methyl sites for hydroxylation is 1. The van der Waals surface area contributed by atoms with Crippen LogP contribution < -0.4 is 4.18 Å². The average Bonchev–Trinajstić information content (AvgIpc) is 2.74. The fraction of sp³-hybridized carbons (Fsp3) is 0.552. The monoisotopic (exact) mass is 468 g/mol. The van der Waals surface area contributed by atoms with Crippen LogP contribution in [-0.2, 0) is 23.1 Å². The molecular formula is C29H40O3S. The fourth-order valence-electron chi connectivity index (χ4n) is 5.72. The van der Waals surface area contributed by atoms with Gasteiger partial charge in [-0.1, -0.05) is 53.6 Å². The normalized spacial score (nSPS) is 28.1. The Balaban J connectivity index is 1.63. The first-order chi connectivity index (χ1) is 15.4. The van der Waals surface area contributed by atoms with Crippen LogP contribution in [-0.4, -0.2) is 33.7 Å². The van der Waals surface area contributed by atoms with Crippen molar-refractivity contribution in [3.63, 3.8) is 0 Å². The van der Waals surface area contributed by atoms with Gasteiger partial charge in [0.15, 0.2) is 5.78 Å². The van der Waals surface area contributed by atoms with E-state index in [0.29, 0.717) is 25.2 Å². The Bertz CT molecular complexity index is 1020. The Hall–Kier alpha value is -1.78. The van der Waals surface area contributed by atoms with E-state index in [1.54, 1.807) is 0 Å². The summed E-state index contributed by atoms with van der Waals surface area (Å²) in [6.07, 6.45) is 8.72. The van der Waals surface area contributed by atoms with Crippen LogP contribution in [0, 0.1) is 5.92 Å². The number of carbonyl (C=O) groups is 1. The number of benzene rings is 2. The molecule has 3 unspecified atom stereocenters. The van der Waals surface area contributed by atoms with Crippen molar-refractivity contribution in [1.29, 1.82) is 0 Å². The molecule has 0 aromatic heterocycles. The molecule has 4 heteroatoms. The molecule has 0 radical (unpaired) electrons. The number of hydrogen-bond donors (Lipinski definition) is 1. The maximum absolute atomic E-state index is 13.4. The summed E-state index contributed by atoms with van der Waals surface area (Å²) in [5.74, 6) is 1.25. The zero-order valence-electron chi connectivity index (χ0n) is 21.1. The lowest BCUT2D eigenvalue weighted by atomic mass is 9.52. The lowest BCUT2D eigenvalue weighted by molar-refractivity contribution is -0.148. The Morgan fingerprint density at radius 1 is 1.12 bits per heavy atom. The largest absolute Gasteiger partial charge is 0.449 e. The highest BCUT2D eigenvalue weighted by Gasteiger charge is 2.55. The predicted octanol–water partition coefficient (Wildman–Crippen LogP) is 6.39. The van der Waals surface area contributed by atoms with E-state index in [-0.39, 0.29) is 15.9 Å². The highest BCUT2D eigenvalue weighted by molar-refractivity contribution is 8.30. The standard InChI is InChI=1S/C29H40O3S/c1-7-28-20-26(30)29(31,18-21-11-9-8-10-12-21)19-23(28)14-13-22-17-24(15-16-25(22)28)32-33(5,6)27(2,3)4/h8-12,15-17,23,31H,7,13-14,18-20H2,1-6H3. The molecule has 0 spiro atoms. The fourth-order valence-corrected chi connectivity index (χ4v) is 6.56. The highest BCUT2D eigenvalue weighted by Crippen LogP contribution is 2.56. The molecule has 3 atom stereocenters. The first kappa shape index (κ1) is 24.3. The minimum atomic E-state index is -1.26. The van der Waals surface area contributed by atoms with Crippen LogP contribution in [0.5, 0.6) is 5.75 Å². The third-order valence-corrected chi connectivity index (χ3v) is 12.0. The van der Waals surface area contributed by atoms with E-state index in [1.807, 2.05) is 30.3 Å². The molecule has 2 aromatic rings. The van der Waals surface area contributed by atoms with Crippen LogP contribution in [0.2, 0.25) is 0 Å². The Morgan fingerprint density at radius 3 is 2.45 bits per heavy atom. The van der Waals surface area contributed by atoms with Gasteiger partial charge in [-0.25, -0.2) is 0 Å². The number of ketones is 1. The molecule has 0 amide bonds. The zero-order chi connectivity index (χ0) is 24.1. The molecule has 1 saturated carbocycles. The second-order valence-electron chi connectivity index (χ2n) is 11.5. The van der Waals surface area contributed by atoms with Crippen LogP contribution >= 0.6 is 10.3 Å². The van der Waals surface area contributed by atoms with Gasteiger partial charge in [0.05, 0.1) is 0 Å². The van der Waals surface area contributed by atoms with Gasteiger partial charge in [0.2, 0.25) is 0 Å². The minimum Gasteiger partial charge on any atom is -0.449 e. The van der Waals surface area contributed by atoms with Gasteiger partial charge in [-0.3, -0.25) is 4.79 Å². The zero-order valence-corrected chi connectivity index (χ0v) is 21.9. The van der Waals surface area contributed by atoms with E-state index >= 15 is 0 Å². The van der Waals surface area contributed by atoms with Gasteiger partial charge >= 0.3 is 0 Å². The molecule has 2 aromatic carbocycles. The molecular weight excluding hydrogens is 428 g/mol. The number of fused-ring (bicyclic) bond motifs is 3. The molecule has 3 nitrogen and oxygen atoms in total. The maximum Gasteiger partial charge on any atom is 0.165 e. The number of Topliss-reactive ketones (excluding diaryl/α,β-unsaturated/α-hetero) is 1. The van der Waals surface area contributed by atoms with Gasteiger partial charge in [-0.05, 0) is 93.7 Å². The molecule has 2 aliphatic carbocycles. The van der Waals surface area contributed by atoms with Gasteiger partial charge in [-0.15, -0.1) is 0 Å². The van der Waals surface area contributed by atoms with Crippen molar-refractivity contribution in [2.45, 2.75) is 82.0 Å².